The summed E-state index contributed by atoms with van der Waals surface area (Å²) in [6.07, 6.45) is 2.89. The van der Waals surface area contributed by atoms with E-state index in [-0.39, 0.29) is 30.2 Å². The second kappa shape index (κ2) is 13.2. The second-order valence-electron chi connectivity index (χ2n) is 11.5. The van der Waals surface area contributed by atoms with Crippen molar-refractivity contribution in [2.45, 2.75) is 57.4 Å². The van der Waals surface area contributed by atoms with Crippen LogP contribution in [0.4, 0.5) is 4.39 Å². The summed E-state index contributed by atoms with van der Waals surface area (Å²) in [5.41, 5.74) is 3.55. The molecular formula is C34H36FN5O5. The number of rotatable bonds is 10. The maximum absolute atomic E-state index is 14.3. The Morgan fingerprint density at radius 1 is 1.13 bits per heavy atom. The summed E-state index contributed by atoms with van der Waals surface area (Å²) in [6, 6.07) is 15.5. The van der Waals surface area contributed by atoms with Crippen LogP contribution in [0.15, 0.2) is 48.5 Å². The molecule has 2 atom stereocenters. The van der Waals surface area contributed by atoms with E-state index in [4.69, 9.17) is 34.2 Å². The molecule has 0 saturated carbocycles. The van der Waals surface area contributed by atoms with Gasteiger partial charge in [0.25, 0.3) is 0 Å². The van der Waals surface area contributed by atoms with E-state index in [1.165, 1.54) is 13.2 Å². The van der Waals surface area contributed by atoms with Gasteiger partial charge in [0.05, 0.1) is 55.6 Å². The van der Waals surface area contributed by atoms with Gasteiger partial charge in [0.2, 0.25) is 5.88 Å². The number of aromatic nitrogens is 3. The Kier molecular flexibility index (Phi) is 8.96. The number of esters is 1. The molecular weight excluding hydrogens is 577 g/mol. The van der Waals surface area contributed by atoms with Gasteiger partial charge in [-0.05, 0) is 69.6 Å². The normalized spacial score (nSPS) is 17.8. The van der Waals surface area contributed by atoms with Crippen molar-refractivity contribution in [1.29, 1.82) is 5.26 Å². The lowest BCUT2D eigenvalue weighted by Gasteiger charge is -2.36. The van der Waals surface area contributed by atoms with E-state index in [1.54, 1.807) is 31.4 Å². The number of nitriles is 1. The Morgan fingerprint density at radius 2 is 1.93 bits per heavy atom. The standard InChI is InChI=1S/C34H36FN5O5/c1-21(33-38-32-29(40(33)19-26-11-14-44-26)16-25(34(41)43-3)17-30(32)42-2)39-12-9-23(10-13-39)28-5-4-6-31(37-28)45-20-24-8-7-22(18-36)15-27(24)35/h4-8,15-17,21,23,26H,9-14,19-20H2,1-3H3/t21-,26+/m1/s1. The number of carbonyl (C=O) groups excluding carboxylic acids is 1. The summed E-state index contributed by atoms with van der Waals surface area (Å²) in [6.45, 7) is 5.29. The fourth-order valence-electron chi connectivity index (χ4n) is 6.11. The van der Waals surface area contributed by atoms with E-state index in [9.17, 15) is 9.18 Å². The van der Waals surface area contributed by atoms with Gasteiger partial charge >= 0.3 is 5.97 Å². The van der Waals surface area contributed by atoms with Crippen molar-refractivity contribution in [3.63, 3.8) is 0 Å². The van der Waals surface area contributed by atoms with E-state index >= 15 is 0 Å². The molecule has 2 aliphatic rings. The predicted molar refractivity (Wildman–Crippen MR) is 164 cm³/mol. The van der Waals surface area contributed by atoms with Crippen LogP contribution < -0.4 is 9.47 Å². The van der Waals surface area contributed by atoms with Crippen molar-refractivity contribution < 1.29 is 28.1 Å². The molecule has 0 amide bonds. The average molecular weight is 614 g/mol. The van der Waals surface area contributed by atoms with E-state index < -0.39 is 11.8 Å². The Hall–Kier alpha value is -4.53. The highest BCUT2D eigenvalue weighted by atomic mass is 19.1. The van der Waals surface area contributed by atoms with E-state index in [0.29, 0.717) is 34.8 Å². The second-order valence-corrected chi connectivity index (χ2v) is 11.5. The average Bonchev–Trinajstić information content (AvgIpc) is 3.42. The third kappa shape index (κ3) is 6.34. The quantitative estimate of drug-likeness (QED) is 0.213. The number of ether oxygens (including phenoxy) is 4. The lowest BCUT2D eigenvalue weighted by Crippen LogP contribution is -2.37. The van der Waals surface area contributed by atoms with Gasteiger partial charge in [-0.1, -0.05) is 12.1 Å². The van der Waals surface area contributed by atoms with Gasteiger partial charge in [-0.2, -0.15) is 5.26 Å². The molecule has 2 aromatic carbocycles. The summed E-state index contributed by atoms with van der Waals surface area (Å²) >= 11 is 0. The molecule has 10 nitrogen and oxygen atoms in total. The fourth-order valence-corrected chi connectivity index (χ4v) is 6.11. The Morgan fingerprint density at radius 3 is 2.60 bits per heavy atom. The van der Waals surface area contributed by atoms with Crippen LogP contribution in [0.3, 0.4) is 0 Å². The minimum absolute atomic E-state index is 0.00894. The number of fused-ring (bicyclic) bond motifs is 1. The SMILES string of the molecule is COC(=O)c1cc(OC)c2nc([C@@H](C)N3CCC(c4cccc(OCc5ccc(C#N)cc5F)n4)CC3)n(C[C@@H]3CCO3)c2c1. The van der Waals surface area contributed by atoms with Crippen LogP contribution in [0.2, 0.25) is 0 Å². The summed E-state index contributed by atoms with van der Waals surface area (Å²) in [7, 11) is 2.95. The first-order valence-electron chi connectivity index (χ1n) is 15.2. The first-order chi connectivity index (χ1) is 21.9. The number of imidazole rings is 1. The van der Waals surface area contributed by atoms with Crippen LogP contribution in [0.25, 0.3) is 11.0 Å². The van der Waals surface area contributed by atoms with Crippen LogP contribution in [0, 0.1) is 17.1 Å². The third-order valence-electron chi connectivity index (χ3n) is 8.84. The molecule has 4 aromatic rings. The minimum Gasteiger partial charge on any atom is -0.494 e. The molecule has 0 spiro atoms. The van der Waals surface area contributed by atoms with Crippen molar-refractivity contribution >= 4 is 17.0 Å². The zero-order chi connectivity index (χ0) is 31.5. The number of hydrogen-bond donors (Lipinski definition) is 0. The van der Waals surface area contributed by atoms with E-state index in [1.807, 2.05) is 24.3 Å². The van der Waals surface area contributed by atoms with Crippen LogP contribution in [-0.2, 0) is 22.6 Å². The first-order valence-corrected chi connectivity index (χ1v) is 15.2. The molecule has 4 heterocycles. The molecule has 11 heteroatoms. The maximum atomic E-state index is 14.3. The predicted octanol–water partition coefficient (Wildman–Crippen LogP) is 5.55. The zero-order valence-corrected chi connectivity index (χ0v) is 25.7. The number of pyridine rings is 1. The molecule has 2 saturated heterocycles. The Labute approximate surface area is 261 Å². The van der Waals surface area contributed by atoms with Crippen molar-refractivity contribution in [3.05, 3.63) is 82.6 Å². The molecule has 0 N–H and O–H groups in total. The van der Waals surface area contributed by atoms with Gasteiger partial charge in [-0.3, -0.25) is 4.90 Å². The summed E-state index contributed by atoms with van der Waals surface area (Å²) in [5.74, 6) is 1.24. The molecule has 6 rings (SSSR count). The molecule has 2 aliphatic heterocycles. The lowest BCUT2D eigenvalue weighted by molar-refractivity contribution is -0.0594. The number of carbonyl (C=O) groups is 1. The Balaban J connectivity index is 1.17. The lowest BCUT2D eigenvalue weighted by atomic mass is 9.92. The summed E-state index contributed by atoms with van der Waals surface area (Å²) in [5, 5.41) is 8.97. The highest BCUT2D eigenvalue weighted by molar-refractivity contribution is 5.96. The van der Waals surface area contributed by atoms with E-state index in [0.717, 1.165) is 56.0 Å². The monoisotopic (exact) mass is 613 g/mol. The molecule has 45 heavy (non-hydrogen) atoms. The van der Waals surface area contributed by atoms with E-state index in [2.05, 4.69) is 16.4 Å². The molecule has 2 aromatic heterocycles. The van der Waals surface area contributed by atoms with Gasteiger partial charge in [0.1, 0.15) is 29.5 Å². The van der Waals surface area contributed by atoms with Gasteiger partial charge in [0.15, 0.2) is 0 Å². The van der Waals surface area contributed by atoms with Crippen LogP contribution >= 0.6 is 0 Å². The molecule has 2 fully saturated rings. The third-order valence-corrected chi connectivity index (χ3v) is 8.84. The summed E-state index contributed by atoms with van der Waals surface area (Å²) in [4.78, 5) is 24.7. The number of hydrogen-bond acceptors (Lipinski definition) is 9. The largest absolute Gasteiger partial charge is 0.494 e. The zero-order valence-electron chi connectivity index (χ0n) is 25.7. The minimum atomic E-state index is -0.470. The molecule has 0 unspecified atom stereocenters. The smallest absolute Gasteiger partial charge is 0.338 e. The van der Waals surface area contributed by atoms with Crippen molar-refractivity contribution in [2.75, 3.05) is 33.9 Å². The number of piperidine rings is 1. The van der Waals surface area contributed by atoms with Crippen molar-refractivity contribution in [3.8, 4) is 17.7 Å². The number of halogens is 1. The van der Waals surface area contributed by atoms with Crippen molar-refractivity contribution in [1.82, 2.24) is 19.4 Å². The fraction of sp³-hybridized carbons (Fsp3) is 0.412. The van der Waals surface area contributed by atoms with Gasteiger partial charge in [-0.15, -0.1) is 0 Å². The van der Waals surface area contributed by atoms with Crippen molar-refractivity contribution in [2.24, 2.45) is 0 Å². The first kappa shape index (κ1) is 30.5. The molecule has 0 bridgehead atoms. The number of likely N-dealkylation sites (tertiary alicyclic amines) is 1. The topological polar surface area (TPSA) is 112 Å². The number of methoxy groups -OCH3 is 2. The number of nitrogens with zero attached hydrogens (tertiary/aromatic N) is 5. The van der Waals surface area contributed by atoms with Gasteiger partial charge < -0.3 is 23.5 Å². The Bertz CT molecular complexity index is 1740. The van der Waals surface area contributed by atoms with Crippen LogP contribution in [0.5, 0.6) is 11.6 Å². The van der Waals surface area contributed by atoms with Crippen LogP contribution in [-0.4, -0.2) is 65.4 Å². The van der Waals surface area contributed by atoms with Gasteiger partial charge in [0, 0.05) is 29.8 Å². The summed E-state index contributed by atoms with van der Waals surface area (Å²) < 4.78 is 38.7. The molecule has 0 aliphatic carbocycles. The van der Waals surface area contributed by atoms with Crippen LogP contribution in [0.1, 0.15) is 71.1 Å². The highest BCUT2D eigenvalue weighted by Crippen LogP contribution is 2.36. The highest BCUT2D eigenvalue weighted by Gasteiger charge is 2.31. The maximum Gasteiger partial charge on any atom is 0.338 e. The molecule has 0 radical (unpaired) electrons. The number of benzene rings is 2. The molecule has 234 valence electrons. The van der Waals surface area contributed by atoms with Gasteiger partial charge in [-0.25, -0.2) is 19.2 Å².